The Hall–Kier alpha value is -2.13. The van der Waals surface area contributed by atoms with Gasteiger partial charge in [-0.15, -0.1) is 0 Å². The van der Waals surface area contributed by atoms with Crippen molar-refractivity contribution in [1.29, 1.82) is 0 Å². The Morgan fingerprint density at radius 3 is 2.63 bits per heavy atom. The van der Waals surface area contributed by atoms with E-state index >= 15 is 0 Å². The fraction of sp³-hybridized carbons (Fsp3) is 0. The molecule has 0 heterocycles. The van der Waals surface area contributed by atoms with Gasteiger partial charge in [0.25, 0.3) is 0 Å². The molecule has 4 heteroatoms. The Balaban J connectivity index is 2.26. The molecule has 0 saturated heterocycles. The SMILES string of the molecule is O=C(/C=C/c1c(F)cccc1Cl)c1cccc(O)c1. The predicted molar refractivity (Wildman–Crippen MR) is 72.9 cm³/mol. The summed E-state index contributed by atoms with van der Waals surface area (Å²) in [4.78, 5) is 11.8. The van der Waals surface area contributed by atoms with E-state index in [0.717, 1.165) is 0 Å². The Kier molecular flexibility index (Phi) is 3.97. The van der Waals surface area contributed by atoms with Gasteiger partial charge in [0.15, 0.2) is 5.78 Å². The maximum absolute atomic E-state index is 13.5. The van der Waals surface area contributed by atoms with Crippen LogP contribution in [0.25, 0.3) is 6.08 Å². The van der Waals surface area contributed by atoms with Crippen molar-refractivity contribution in [2.45, 2.75) is 0 Å². The molecule has 19 heavy (non-hydrogen) atoms. The molecule has 1 N–H and O–H groups in total. The van der Waals surface area contributed by atoms with Crippen LogP contribution in [-0.4, -0.2) is 10.9 Å². The van der Waals surface area contributed by atoms with Gasteiger partial charge >= 0.3 is 0 Å². The van der Waals surface area contributed by atoms with Gasteiger partial charge < -0.3 is 5.11 Å². The minimum Gasteiger partial charge on any atom is -0.508 e. The number of hydrogen-bond donors (Lipinski definition) is 1. The first-order valence-electron chi connectivity index (χ1n) is 5.53. The fourth-order valence-electron chi connectivity index (χ4n) is 1.58. The summed E-state index contributed by atoms with van der Waals surface area (Å²) in [5.41, 5.74) is 0.487. The van der Waals surface area contributed by atoms with Crippen LogP contribution in [0.2, 0.25) is 5.02 Å². The summed E-state index contributed by atoms with van der Waals surface area (Å²) in [6.45, 7) is 0. The standard InChI is InChI=1S/C15H10ClFO2/c16-13-5-2-6-14(17)12(13)7-8-15(19)10-3-1-4-11(18)9-10/h1-9,18H/b8-7+. The number of carbonyl (C=O) groups excluding carboxylic acids is 1. The number of carbonyl (C=O) groups is 1. The number of aromatic hydroxyl groups is 1. The molecule has 0 atom stereocenters. The first-order valence-corrected chi connectivity index (χ1v) is 5.91. The van der Waals surface area contributed by atoms with Gasteiger partial charge in [-0.2, -0.15) is 0 Å². The monoisotopic (exact) mass is 276 g/mol. The average Bonchev–Trinajstić information content (AvgIpc) is 2.38. The van der Waals surface area contributed by atoms with Crippen LogP contribution in [0.1, 0.15) is 15.9 Å². The molecule has 0 unspecified atom stereocenters. The third-order valence-electron chi connectivity index (χ3n) is 2.53. The summed E-state index contributed by atoms with van der Waals surface area (Å²) < 4.78 is 13.5. The number of benzene rings is 2. The Morgan fingerprint density at radius 2 is 1.95 bits per heavy atom. The van der Waals surface area contributed by atoms with Crippen LogP contribution in [0.4, 0.5) is 4.39 Å². The van der Waals surface area contributed by atoms with Gasteiger partial charge in [0.1, 0.15) is 11.6 Å². The van der Waals surface area contributed by atoms with Crippen LogP contribution >= 0.6 is 11.6 Å². The van der Waals surface area contributed by atoms with Crippen molar-refractivity contribution >= 4 is 23.5 Å². The van der Waals surface area contributed by atoms with Crippen molar-refractivity contribution in [3.05, 3.63) is 70.5 Å². The summed E-state index contributed by atoms with van der Waals surface area (Å²) in [7, 11) is 0. The van der Waals surface area contributed by atoms with Crippen molar-refractivity contribution in [3.8, 4) is 5.75 Å². The van der Waals surface area contributed by atoms with Gasteiger partial charge in [0.2, 0.25) is 0 Å². The molecule has 2 rings (SSSR count). The Bertz CT molecular complexity index is 630. The van der Waals surface area contributed by atoms with Gasteiger partial charge in [-0.25, -0.2) is 4.39 Å². The van der Waals surface area contributed by atoms with E-state index in [0.29, 0.717) is 5.56 Å². The molecule has 0 aromatic heterocycles. The molecular formula is C15H10ClFO2. The van der Waals surface area contributed by atoms with E-state index in [4.69, 9.17) is 11.6 Å². The molecule has 0 spiro atoms. The predicted octanol–water partition coefficient (Wildman–Crippen LogP) is 4.08. The van der Waals surface area contributed by atoms with Crippen molar-refractivity contribution in [2.24, 2.45) is 0 Å². The summed E-state index contributed by atoms with van der Waals surface area (Å²) >= 11 is 5.84. The van der Waals surface area contributed by atoms with Gasteiger partial charge in [0.05, 0.1) is 5.02 Å². The zero-order valence-corrected chi connectivity index (χ0v) is 10.6. The molecule has 0 radical (unpaired) electrons. The minimum atomic E-state index is -0.493. The molecule has 2 aromatic carbocycles. The van der Waals surface area contributed by atoms with Crippen LogP contribution in [0.15, 0.2) is 48.5 Å². The molecule has 2 nitrogen and oxygen atoms in total. The summed E-state index contributed by atoms with van der Waals surface area (Å²) in [5.74, 6) is -0.828. The smallest absolute Gasteiger partial charge is 0.185 e. The quantitative estimate of drug-likeness (QED) is 0.677. The lowest BCUT2D eigenvalue weighted by Crippen LogP contribution is -1.93. The largest absolute Gasteiger partial charge is 0.508 e. The number of phenols is 1. The first kappa shape index (κ1) is 13.3. The maximum Gasteiger partial charge on any atom is 0.185 e. The topological polar surface area (TPSA) is 37.3 Å². The average molecular weight is 277 g/mol. The Morgan fingerprint density at radius 1 is 1.21 bits per heavy atom. The molecule has 0 aliphatic heterocycles. The highest BCUT2D eigenvalue weighted by molar-refractivity contribution is 6.32. The van der Waals surface area contributed by atoms with Crippen molar-refractivity contribution < 1.29 is 14.3 Å². The number of halogens is 2. The maximum atomic E-state index is 13.5. The normalized spacial score (nSPS) is 10.8. The second kappa shape index (κ2) is 5.67. The zero-order chi connectivity index (χ0) is 13.8. The van der Waals surface area contributed by atoms with Crippen LogP contribution in [0, 0.1) is 5.82 Å². The molecule has 0 saturated carbocycles. The van der Waals surface area contributed by atoms with E-state index in [-0.39, 0.29) is 22.1 Å². The highest BCUT2D eigenvalue weighted by Gasteiger charge is 2.06. The summed E-state index contributed by atoms with van der Waals surface area (Å²) in [6, 6.07) is 10.2. The van der Waals surface area contributed by atoms with E-state index in [2.05, 4.69) is 0 Å². The fourth-order valence-corrected chi connectivity index (χ4v) is 1.81. The lowest BCUT2D eigenvalue weighted by Gasteiger charge is -2.00. The number of phenolic OH excluding ortho intramolecular Hbond substituents is 1. The molecule has 0 aliphatic rings. The summed E-state index contributed by atoms with van der Waals surface area (Å²) in [6.07, 6.45) is 2.54. The molecule has 0 aliphatic carbocycles. The lowest BCUT2D eigenvalue weighted by molar-refractivity contribution is 0.104. The van der Waals surface area contributed by atoms with Gasteiger partial charge in [-0.3, -0.25) is 4.79 Å². The Labute approximate surface area is 114 Å². The molecule has 0 amide bonds. The van der Waals surface area contributed by atoms with E-state index in [1.165, 1.54) is 36.4 Å². The van der Waals surface area contributed by atoms with Crippen LogP contribution in [-0.2, 0) is 0 Å². The second-order valence-electron chi connectivity index (χ2n) is 3.88. The van der Waals surface area contributed by atoms with Gasteiger partial charge in [0, 0.05) is 11.1 Å². The molecule has 96 valence electrons. The molecule has 0 bridgehead atoms. The van der Waals surface area contributed by atoms with Crippen LogP contribution in [0.3, 0.4) is 0 Å². The number of hydrogen-bond acceptors (Lipinski definition) is 2. The number of rotatable bonds is 3. The van der Waals surface area contributed by atoms with E-state index in [9.17, 15) is 14.3 Å². The zero-order valence-electron chi connectivity index (χ0n) is 9.81. The van der Waals surface area contributed by atoms with Crippen molar-refractivity contribution in [3.63, 3.8) is 0 Å². The van der Waals surface area contributed by atoms with Crippen molar-refractivity contribution in [1.82, 2.24) is 0 Å². The third-order valence-corrected chi connectivity index (χ3v) is 2.86. The summed E-state index contributed by atoms with van der Waals surface area (Å²) in [5, 5.41) is 9.51. The van der Waals surface area contributed by atoms with E-state index in [1.807, 2.05) is 0 Å². The highest BCUT2D eigenvalue weighted by atomic mass is 35.5. The third kappa shape index (κ3) is 3.20. The van der Waals surface area contributed by atoms with Gasteiger partial charge in [-0.1, -0.05) is 29.8 Å². The number of allylic oxidation sites excluding steroid dienone is 1. The number of ketones is 1. The van der Waals surface area contributed by atoms with Crippen LogP contribution < -0.4 is 0 Å². The molecule has 0 fully saturated rings. The van der Waals surface area contributed by atoms with Crippen LogP contribution in [0.5, 0.6) is 5.75 Å². The lowest BCUT2D eigenvalue weighted by atomic mass is 10.1. The second-order valence-corrected chi connectivity index (χ2v) is 4.29. The molecular weight excluding hydrogens is 267 g/mol. The molecule has 2 aromatic rings. The highest BCUT2D eigenvalue weighted by Crippen LogP contribution is 2.21. The van der Waals surface area contributed by atoms with Gasteiger partial charge in [-0.05, 0) is 36.4 Å². The minimum absolute atomic E-state index is 0.00294. The first-order chi connectivity index (χ1) is 9.08. The van der Waals surface area contributed by atoms with E-state index < -0.39 is 5.82 Å². The van der Waals surface area contributed by atoms with Crippen molar-refractivity contribution in [2.75, 3.05) is 0 Å². The van der Waals surface area contributed by atoms with E-state index in [1.54, 1.807) is 18.2 Å².